The molecule has 0 aliphatic carbocycles. The van der Waals surface area contributed by atoms with Gasteiger partial charge in [0, 0.05) is 11.6 Å². The molecule has 1 atom stereocenters. The molecule has 1 N–H and O–H groups in total. The molecule has 1 aromatic carbocycles. The average molecular weight is 241 g/mol. The topological polar surface area (TPSA) is 12.0 Å². The van der Waals surface area contributed by atoms with Crippen molar-refractivity contribution in [2.75, 3.05) is 18.6 Å². The third kappa shape index (κ3) is 4.14. The standard InChI is InChI=1S/C13H20FNS/c1-3-9-15-13(8-10-16-2)11-6-4-5-7-12(11)14/h4-7,13,15H,3,8-10H2,1-2H3. The maximum absolute atomic E-state index is 13.6. The summed E-state index contributed by atoms with van der Waals surface area (Å²) in [6.07, 6.45) is 4.13. The first-order valence-electron chi connectivity index (χ1n) is 5.76. The number of halogens is 1. The van der Waals surface area contributed by atoms with Crippen LogP contribution < -0.4 is 5.32 Å². The Bertz CT molecular complexity index is 296. The van der Waals surface area contributed by atoms with Crippen molar-refractivity contribution < 1.29 is 4.39 Å². The first kappa shape index (κ1) is 13.5. The highest BCUT2D eigenvalue weighted by atomic mass is 32.2. The number of nitrogens with one attached hydrogen (secondary N) is 1. The van der Waals surface area contributed by atoms with Crippen LogP contribution >= 0.6 is 11.8 Å². The summed E-state index contributed by atoms with van der Waals surface area (Å²) < 4.78 is 13.6. The van der Waals surface area contributed by atoms with E-state index in [1.165, 1.54) is 6.07 Å². The van der Waals surface area contributed by atoms with Gasteiger partial charge in [-0.3, -0.25) is 0 Å². The van der Waals surface area contributed by atoms with E-state index >= 15 is 0 Å². The van der Waals surface area contributed by atoms with Crippen LogP contribution in [0.25, 0.3) is 0 Å². The minimum Gasteiger partial charge on any atom is -0.310 e. The predicted octanol–water partition coefficient (Wildman–Crippen LogP) is 3.62. The van der Waals surface area contributed by atoms with Gasteiger partial charge in [0.1, 0.15) is 5.82 Å². The molecule has 0 heterocycles. The fraction of sp³-hybridized carbons (Fsp3) is 0.538. The van der Waals surface area contributed by atoms with Crippen molar-refractivity contribution in [2.24, 2.45) is 0 Å². The van der Waals surface area contributed by atoms with Gasteiger partial charge in [-0.1, -0.05) is 25.1 Å². The first-order valence-corrected chi connectivity index (χ1v) is 7.15. The molecule has 0 spiro atoms. The van der Waals surface area contributed by atoms with Gasteiger partial charge in [-0.25, -0.2) is 4.39 Å². The lowest BCUT2D eigenvalue weighted by molar-refractivity contribution is 0.491. The minimum atomic E-state index is -0.0998. The Morgan fingerprint density at radius 1 is 1.38 bits per heavy atom. The molecule has 0 saturated carbocycles. The molecule has 3 heteroatoms. The molecule has 16 heavy (non-hydrogen) atoms. The van der Waals surface area contributed by atoms with Gasteiger partial charge in [0.2, 0.25) is 0 Å². The Hall–Kier alpha value is -0.540. The number of thioether (sulfide) groups is 1. The molecule has 0 aromatic heterocycles. The maximum atomic E-state index is 13.6. The van der Waals surface area contributed by atoms with Crippen LogP contribution in [-0.4, -0.2) is 18.6 Å². The van der Waals surface area contributed by atoms with Crippen LogP contribution in [0.4, 0.5) is 4.39 Å². The van der Waals surface area contributed by atoms with Gasteiger partial charge in [0.25, 0.3) is 0 Å². The zero-order valence-corrected chi connectivity index (χ0v) is 10.8. The van der Waals surface area contributed by atoms with E-state index in [9.17, 15) is 4.39 Å². The second-order valence-electron chi connectivity index (χ2n) is 3.81. The molecule has 0 aliphatic rings. The average Bonchev–Trinajstić information content (AvgIpc) is 2.31. The smallest absolute Gasteiger partial charge is 0.127 e. The second-order valence-corrected chi connectivity index (χ2v) is 4.80. The highest BCUT2D eigenvalue weighted by molar-refractivity contribution is 7.98. The summed E-state index contributed by atoms with van der Waals surface area (Å²) in [6.45, 7) is 3.06. The van der Waals surface area contributed by atoms with E-state index in [0.717, 1.165) is 30.7 Å². The monoisotopic (exact) mass is 241 g/mol. The molecule has 0 amide bonds. The van der Waals surface area contributed by atoms with Crippen molar-refractivity contribution in [1.29, 1.82) is 0 Å². The molecule has 1 unspecified atom stereocenters. The molecule has 0 saturated heterocycles. The first-order chi connectivity index (χ1) is 7.79. The van der Waals surface area contributed by atoms with E-state index < -0.39 is 0 Å². The summed E-state index contributed by atoms with van der Waals surface area (Å²) in [6, 6.07) is 7.20. The molecule has 0 fully saturated rings. The van der Waals surface area contributed by atoms with E-state index in [1.807, 2.05) is 12.1 Å². The lowest BCUT2D eigenvalue weighted by Gasteiger charge is -2.19. The van der Waals surface area contributed by atoms with Crippen molar-refractivity contribution in [2.45, 2.75) is 25.8 Å². The lowest BCUT2D eigenvalue weighted by Crippen LogP contribution is -2.23. The summed E-state index contributed by atoms with van der Waals surface area (Å²) in [5, 5.41) is 3.41. The van der Waals surface area contributed by atoms with Gasteiger partial charge < -0.3 is 5.32 Å². The summed E-state index contributed by atoms with van der Waals surface area (Å²) in [5.41, 5.74) is 0.796. The van der Waals surface area contributed by atoms with Gasteiger partial charge in [-0.05, 0) is 37.5 Å². The van der Waals surface area contributed by atoms with Gasteiger partial charge in [-0.2, -0.15) is 11.8 Å². The number of rotatable bonds is 7. The zero-order valence-electron chi connectivity index (χ0n) is 10.0. The summed E-state index contributed by atoms with van der Waals surface area (Å²) in [7, 11) is 0. The number of hydrogen-bond donors (Lipinski definition) is 1. The van der Waals surface area contributed by atoms with Crippen LogP contribution in [0.5, 0.6) is 0 Å². The highest BCUT2D eigenvalue weighted by Gasteiger charge is 2.13. The molecule has 1 rings (SSSR count). The fourth-order valence-electron chi connectivity index (χ4n) is 1.68. The molecule has 0 aliphatic heterocycles. The van der Waals surface area contributed by atoms with Gasteiger partial charge >= 0.3 is 0 Å². The Balaban J connectivity index is 2.70. The zero-order chi connectivity index (χ0) is 11.8. The molecule has 0 bridgehead atoms. The Labute approximate surface area is 102 Å². The van der Waals surface area contributed by atoms with E-state index in [4.69, 9.17) is 0 Å². The number of hydrogen-bond acceptors (Lipinski definition) is 2. The van der Waals surface area contributed by atoms with Gasteiger partial charge in [0.05, 0.1) is 0 Å². The second kappa shape index (κ2) is 7.69. The Morgan fingerprint density at radius 3 is 2.75 bits per heavy atom. The molecule has 90 valence electrons. The fourth-order valence-corrected chi connectivity index (χ4v) is 2.15. The molecular weight excluding hydrogens is 221 g/mol. The molecular formula is C13H20FNS. The maximum Gasteiger partial charge on any atom is 0.127 e. The SMILES string of the molecule is CCCNC(CCSC)c1ccccc1F. The molecule has 1 nitrogen and oxygen atoms in total. The normalized spacial score (nSPS) is 12.7. The van der Waals surface area contributed by atoms with Gasteiger partial charge in [-0.15, -0.1) is 0 Å². The summed E-state index contributed by atoms with van der Waals surface area (Å²) in [4.78, 5) is 0. The van der Waals surface area contributed by atoms with Crippen molar-refractivity contribution in [3.63, 3.8) is 0 Å². The highest BCUT2D eigenvalue weighted by Crippen LogP contribution is 2.21. The van der Waals surface area contributed by atoms with E-state index in [-0.39, 0.29) is 11.9 Å². The van der Waals surface area contributed by atoms with Crippen LogP contribution in [0, 0.1) is 5.82 Å². The van der Waals surface area contributed by atoms with Gasteiger partial charge in [0.15, 0.2) is 0 Å². The summed E-state index contributed by atoms with van der Waals surface area (Å²) in [5.74, 6) is 0.951. The van der Waals surface area contributed by atoms with Crippen LogP contribution in [-0.2, 0) is 0 Å². The van der Waals surface area contributed by atoms with Crippen LogP contribution in [0.3, 0.4) is 0 Å². The minimum absolute atomic E-state index is 0.0998. The van der Waals surface area contributed by atoms with E-state index in [1.54, 1.807) is 17.8 Å². The van der Waals surface area contributed by atoms with Crippen LogP contribution in [0.15, 0.2) is 24.3 Å². The van der Waals surface area contributed by atoms with Crippen molar-refractivity contribution in [3.05, 3.63) is 35.6 Å². The molecule has 1 aromatic rings. The van der Waals surface area contributed by atoms with Crippen molar-refractivity contribution in [1.82, 2.24) is 5.32 Å². The van der Waals surface area contributed by atoms with Crippen molar-refractivity contribution >= 4 is 11.8 Å². The third-order valence-electron chi connectivity index (χ3n) is 2.53. The quantitative estimate of drug-likeness (QED) is 0.782. The Morgan fingerprint density at radius 2 is 2.12 bits per heavy atom. The lowest BCUT2D eigenvalue weighted by atomic mass is 10.0. The Kier molecular flexibility index (Phi) is 6.50. The molecule has 0 radical (unpaired) electrons. The summed E-state index contributed by atoms with van der Waals surface area (Å²) >= 11 is 1.80. The largest absolute Gasteiger partial charge is 0.310 e. The van der Waals surface area contributed by atoms with Crippen LogP contribution in [0.2, 0.25) is 0 Å². The van der Waals surface area contributed by atoms with E-state index in [2.05, 4.69) is 18.5 Å². The number of benzene rings is 1. The third-order valence-corrected chi connectivity index (χ3v) is 3.18. The van der Waals surface area contributed by atoms with E-state index in [0.29, 0.717) is 0 Å². The predicted molar refractivity (Wildman–Crippen MR) is 70.4 cm³/mol. The van der Waals surface area contributed by atoms with Crippen LogP contribution in [0.1, 0.15) is 31.4 Å². The van der Waals surface area contributed by atoms with Crippen molar-refractivity contribution in [3.8, 4) is 0 Å².